The van der Waals surface area contributed by atoms with E-state index in [1.807, 2.05) is 0 Å². The Morgan fingerprint density at radius 1 is 1.20 bits per heavy atom. The van der Waals surface area contributed by atoms with Gasteiger partial charge in [0.1, 0.15) is 0 Å². The summed E-state index contributed by atoms with van der Waals surface area (Å²) in [6, 6.07) is 0. The molecule has 3 rings (SSSR count). The first-order chi connectivity index (χ1) is 11.2. The second-order valence-corrected chi connectivity index (χ2v) is 7.70. The molecule has 3 unspecified atom stereocenters. The second kappa shape index (κ2) is 11.6. The van der Waals surface area contributed by atoms with Crippen LogP contribution in [0.4, 0.5) is 0 Å². The molecule has 3 atom stereocenters. The maximum absolute atomic E-state index is 12.6. The Bertz CT molecular complexity index is 381. The lowest BCUT2D eigenvalue weighted by molar-refractivity contribution is -0.134. The van der Waals surface area contributed by atoms with Gasteiger partial charge in [0.2, 0.25) is 5.91 Å². The fourth-order valence-electron chi connectivity index (χ4n) is 4.21. The van der Waals surface area contributed by atoms with E-state index < -0.39 is 0 Å². The smallest absolute Gasteiger partial charge is 0.222 e. The van der Waals surface area contributed by atoms with Gasteiger partial charge in [0, 0.05) is 45.8 Å². The molecule has 1 N–H and O–H groups in total. The van der Waals surface area contributed by atoms with Gasteiger partial charge in [-0.3, -0.25) is 9.69 Å². The quantitative estimate of drug-likeness (QED) is 0.773. The molecule has 0 aromatic carbocycles. The number of hydrogen-bond donors (Lipinski definition) is 1. The summed E-state index contributed by atoms with van der Waals surface area (Å²) in [4.78, 5) is 17.2. The van der Waals surface area contributed by atoms with Crippen molar-refractivity contribution in [2.75, 3.05) is 59.0 Å². The van der Waals surface area contributed by atoms with E-state index in [2.05, 4.69) is 22.0 Å². The van der Waals surface area contributed by atoms with E-state index in [4.69, 9.17) is 4.74 Å². The van der Waals surface area contributed by atoms with Crippen molar-refractivity contribution in [3.05, 3.63) is 0 Å². The van der Waals surface area contributed by atoms with Crippen molar-refractivity contribution in [1.82, 2.24) is 15.1 Å². The molecule has 3 saturated heterocycles. The fraction of sp³-hybridized carbons (Fsp3) is 0.944. The number of rotatable bonds is 5. The number of amides is 1. The van der Waals surface area contributed by atoms with Gasteiger partial charge >= 0.3 is 0 Å². The highest BCUT2D eigenvalue weighted by Gasteiger charge is 2.27. The SMILES string of the molecule is CC(CC(=O)N1CCN(CC2CCOC2)CC1)C1CCCNC1.Cl.Cl. The lowest BCUT2D eigenvalue weighted by atomic mass is 9.85. The molecule has 5 nitrogen and oxygen atoms in total. The third kappa shape index (κ3) is 6.87. The molecule has 3 fully saturated rings. The summed E-state index contributed by atoms with van der Waals surface area (Å²) in [6.07, 6.45) is 4.46. The van der Waals surface area contributed by atoms with Gasteiger partial charge in [-0.15, -0.1) is 24.8 Å². The predicted molar refractivity (Wildman–Crippen MR) is 106 cm³/mol. The average molecular weight is 396 g/mol. The summed E-state index contributed by atoms with van der Waals surface area (Å²) < 4.78 is 5.46. The first kappa shape index (κ1) is 23.0. The van der Waals surface area contributed by atoms with Crippen LogP contribution in [0.1, 0.15) is 32.6 Å². The molecule has 0 aliphatic carbocycles. The van der Waals surface area contributed by atoms with E-state index >= 15 is 0 Å². The minimum Gasteiger partial charge on any atom is -0.381 e. The van der Waals surface area contributed by atoms with Crippen molar-refractivity contribution < 1.29 is 9.53 Å². The van der Waals surface area contributed by atoms with E-state index in [-0.39, 0.29) is 24.8 Å². The number of carbonyl (C=O) groups is 1. The number of piperazine rings is 1. The zero-order valence-electron chi connectivity index (χ0n) is 15.5. The van der Waals surface area contributed by atoms with E-state index in [1.54, 1.807) is 0 Å². The molecule has 0 saturated carbocycles. The first-order valence-electron chi connectivity index (χ1n) is 9.51. The molecule has 3 heterocycles. The lowest BCUT2D eigenvalue weighted by Crippen LogP contribution is -2.50. The molecule has 3 aliphatic rings. The van der Waals surface area contributed by atoms with Crippen molar-refractivity contribution in [2.45, 2.75) is 32.6 Å². The lowest BCUT2D eigenvalue weighted by Gasteiger charge is -2.37. The normalized spacial score (nSPS) is 28.8. The van der Waals surface area contributed by atoms with Crippen LogP contribution in [0, 0.1) is 17.8 Å². The largest absolute Gasteiger partial charge is 0.381 e. The Kier molecular flexibility index (Phi) is 10.7. The number of carbonyl (C=O) groups excluding carboxylic acids is 1. The van der Waals surface area contributed by atoms with Gasteiger partial charge in [0.05, 0.1) is 6.61 Å². The van der Waals surface area contributed by atoms with Crippen LogP contribution in [-0.2, 0) is 9.53 Å². The van der Waals surface area contributed by atoms with Crippen LogP contribution in [0.2, 0.25) is 0 Å². The highest BCUT2D eigenvalue weighted by atomic mass is 35.5. The molecule has 25 heavy (non-hydrogen) atoms. The van der Waals surface area contributed by atoms with E-state index in [1.165, 1.54) is 19.3 Å². The van der Waals surface area contributed by atoms with Gasteiger partial charge in [-0.2, -0.15) is 0 Å². The van der Waals surface area contributed by atoms with E-state index in [9.17, 15) is 4.79 Å². The highest BCUT2D eigenvalue weighted by Crippen LogP contribution is 2.23. The highest BCUT2D eigenvalue weighted by molar-refractivity contribution is 5.85. The van der Waals surface area contributed by atoms with E-state index in [0.29, 0.717) is 23.7 Å². The molecule has 0 aromatic rings. The Balaban J connectivity index is 0.00000156. The average Bonchev–Trinajstić information content (AvgIpc) is 3.09. The van der Waals surface area contributed by atoms with Crippen LogP contribution in [0.25, 0.3) is 0 Å². The molecule has 0 bridgehead atoms. The molecule has 0 aromatic heterocycles. The van der Waals surface area contributed by atoms with Crippen molar-refractivity contribution in [2.24, 2.45) is 17.8 Å². The molecule has 148 valence electrons. The minimum atomic E-state index is 0. The Hall–Kier alpha value is -0.0700. The van der Waals surface area contributed by atoms with E-state index in [0.717, 1.165) is 65.4 Å². The Labute approximate surface area is 165 Å². The number of piperidine rings is 1. The monoisotopic (exact) mass is 395 g/mol. The van der Waals surface area contributed by atoms with Gasteiger partial charge in [0.15, 0.2) is 0 Å². The number of halogens is 2. The third-order valence-electron chi connectivity index (χ3n) is 5.90. The first-order valence-corrected chi connectivity index (χ1v) is 9.51. The van der Waals surface area contributed by atoms with Crippen LogP contribution in [0.15, 0.2) is 0 Å². The maximum atomic E-state index is 12.6. The number of ether oxygens (including phenoxy) is 1. The number of nitrogens with zero attached hydrogens (tertiary/aromatic N) is 2. The second-order valence-electron chi connectivity index (χ2n) is 7.70. The van der Waals surface area contributed by atoms with Gasteiger partial charge in [-0.05, 0) is 50.1 Å². The topological polar surface area (TPSA) is 44.8 Å². The molecule has 0 radical (unpaired) electrons. The maximum Gasteiger partial charge on any atom is 0.222 e. The Morgan fingerprint density at radius 3 is 2.56 bits per heavy atom. The minimum absolute atomic E-state index is 0. The third-order valence-corrected chi connectivity index (χ3v) is 5.90. The van der Waals surface area contributed by atoms with Crippen LogP contribution in [0.3, 0.4) is 0 Å². The zero-order valence-corrected chi connectivity index (χ0v) is 17.1. The number of nitrogens with one attached hydrogen (secondary N) is 1. The zero-order chi connectivity index (χ0) is 16.1. The van der Waals surface area contributed by atoms with Crippen molar-refractivity contribution in [3.63, 3.8) is 0 Å². The van der Waals surface area contributed by atoms with Crippen molar-refractivity contribution in [1.29, 1.82) is 0 Å². The van der Waals surface area contributed by atoms with Crippen LogP contribution < -0.4 is 5.32 Å². The molecular formula is C18H35Cl2N3O2. The van der Waals surface area contributed by atoms with Gasteiger partial charge in [0.25, 0.3) is 0 Å². The van der Waals surface area contributed by atoms with Gasteiger partial charge in [-0.25, -0.2) is 0 Å². The fourth-order valence-corrected chi connectivity index (χ4v) is 4.21. The molecule has 7 heteroatoms. The van der Waals surface area contributed by atoms with Gasteiger partial charge in [-0.1, -0.05) is 6.92 Å². The summed E-state index contributed by atoms with van der Waals surface area (Å²) in [6.45, 7) is 11.4. The van der Waals surface area contributed by atoms with Crippen LogP contribution >= 0.6 is 24.8 Å². The standard InChI is InChI=1S/C18H33N3O2.2ClH/c1-15(17-3-2-5-19-12-17)11-18(22)21-8-6-20(7-9-21)13-16-4-10-23-14-16;;/h15-17,19H,2-14H2,1H3;2*1H. The van der Waals surface area contributed by atoms with Crippen molar-refractivity contribution >= 4 is 30.7 Å². The van der Waals surface area contributed by atoms with Crippen LogP contribution in [0.5, 0.6) is 0 Å². The Morgan fingerprint density at radius 2 is 1.96 bits per heavy atom. The summed E-state index contributed by atoms with van der Waals surface area (Å²) in [5.74, 6) is 2.25. The van der Waals surface area contributed by atoms with Crippen LogP contribution in [-0.4, -0.2) is 74.7 Å². The molecule has 0 spiro atoms. The van der Waals surface area contributed by atoms with Gasteiger partial charge < -0.3 is 15.0 Å². The number of hydrogen-bond acceptors (Lipinski definition) is 4. The summed E-state index contributed by atoms with van der Waals surface area (Å²) in [5, 5.41) is 3.47. The predicted octanol–water partition coefficient (Wildman–Crippen LogP) is 2.04. The summed E-state index contributed by atoms with van der Waals surface area (Å²) >= 11 is 0. The molecule has 1 amide bonds. The molecular weight excluding hydrogens is 361 g/mol. The molecule has 3 aliphatic heterocycles. The van der Waals surface area contributed by atoms with Crippen molar-refractivity contribution in [3.8, 4) is 0 Å². The summed E-state index contributed by atoms with van der Waals surface area (Å²) in [5.41, 5.74) is 0. The summed E-state index contributed by atoms with van der Waals surface area (Å²) in [7, 11) is 0.